The third-order valence-corrected chi connectivity index (χ3v) is 3.60. The van der Waals surface area contributed by atoms with E-state index in [2.05, 4.69) is 57.3 Å². The number of nitrogens with one attached hydrogen (secondary N) is 1. The molecular weight excluding hydrogens is 258 g/mol. The van der Waals surface area contributed by atoms with Crippen molar-refractivity contribution in [3.63, 3.8) is 0 Å². The van der Waals surface area contributed by atoms with E-state index in [1.807, 2.05) is 0 Å². The minimum absolute atomic E-state index is 0.522. The maximum Gasteiger partial charge on any atom is 0.122 e. The quantitative estimate of drug-likeness (QED) is 0.580. The Labute approximate surface area is 131 Å². The van der Waals surface area contributed by atoms with Crippen LogP contribution in [-0.4, -0.2) is 19.7 Å². The van der Waals surface area contributed by atoms with Gasteiger partial charge in [-0.3, -0.25) is 0 Å². The highest BCUT2D eigenvalue weighted by Gasteiger charge is 2.06. The molecule has 0 aliphatic carbocycles. The van der Waals surface area contributed by atoms with Gasteiger partial charge in [0.25, 0.3) is 0 Å². The van der Waals surface area contributed by atoms with Gasteiger partial charge in [-0.25, -0.2) is 0 Å². The summed E-state index contributed by atoms with van der Waals surface area (Å²) in [4.78, 5) is 0. The van der Waals surface area contributed by atoms with Crippen molar-refractivity contribution in [1.29, 1.82) is 0 Å². The summed E-state index contributed by atoms with van der Waals surface area (Å²) in [6, 6.07) is 8.40. The predicted molar refractivity (Wildman–Crippen MR) is 92.2 cm³/mol. The number of benzene rings is 1. The molecule has 0 heterocycles. The van der Waals surface area contributed by atoms with Gasteiger partial charge in [0.1, 0.15) is 5.75 Å². The number of unbranched alkanes of at least 4 members (excludes halogenated alkanes) is 3. The molecule has 0 unspecified atom stereocenters. The zero-order valence-electron chi connectivity index (χ0n) is 14.3. The first kappa shape index (κ1) is 18.0. The summed E-state index contributed by atoms with van der Waals surface area (Å²) in [6.45, 7) is 12.0. The van der Waals surface area contributed by atoms with E-state index in [1.54, 1.807) is 0 Å². The molecular formula is C19H33NO. The second-order valence-corrected chi connectivity index (χ2v) is 6.55. The molecule has 0 amide bonds. The molecule has 1 N–H and O–H groups in total. The normalized spacial score (nSPS) is 11.3. The van der Waals surface area contributed by atoms with Crippen molar-refractivity contribution in [3.8, 4) is 5.75 Å². The highest BCUT2D eigenvalue weighted by molar-refractivity contribution is 5.35. The highest BCUT2D eigenvalue weighted by Crippen LogP contribution is 2.25. The summed E-state index contributed by atoms with van der Waals surface area (Å²) in [5.74, 6) is 2.33. The van der Waals surface area contributed by atoms with E-state index < -0.39 is 0 Å². The van der Waals surface area contributed by atoms with Crippen molar-refractivity contribution in [2.24, 2.45) is 5.92 Å². The smallest absolute Gasteiger partial charge is 0.122 e. The topological polar surface area (TPSA) is 21.3 Å². The van der Waals surface area contributed by atoms with Crippen molar-refractivity contribution in [2.45, 2.75) is 59.3 Å². The first-order valence-electron chi connectivity index (χ1n) is 8.53. The lowest BCUT2D eigenvalue weighted by Gasteiger charge is -2.13. The van der Waals surface area contributed by atoms with Crippen molar-refractivity contribution < 1.29 is 4.74 Å². The molecule has 0 atom stereocenters. The molecule has 0 spiro atoms. The van der Waals surface area contributed by atoms with Gasteiger partial charge in [0.05, 0.1) is 6.61 Å². The van der Waals surface area contributed by atoms with E-state index in [-0.39, 0.29) is 0 Å². The van der Waals surface area contributed by atoms with Gasteiger partial charge in [-0.05, 0) is 49.4 Å². The lowest BCUT2D eigenvalue weighted by Crippen LogP contribution is -2.20. The molecule has 1 aromatic rings. The molecule has 120 valence electrons. The van der Waals surface area contributed by atoms with Gasteiger partial charge >= 0.3 is 0 Å². The van der Waals surface area contributed by atoms with Crippen LogP contribution in [0.4, 0.5) is 0 Å². The first-order valence-corrected chi connectivity index (χ1v) is 8.53. The Morgan fingerprint density at radius 3 is 2.38 bits per heavy atom. The van der Waals surface area contributed by atoms with Crippen molar-refractivity contribution in [1.82, 2.24) is 5.32 Å². The van der Waals surface area contributed by atoms with Crippen LogP contribution in [0.25, 0.3) is 0 Å². The van der Waals surface area contributed by atoms with Crippen LogP contribution in [0.1, 0.15) is 64.9 Å². The van der Waals surface area contributed by atoms with Gasteiger partial charge in [-0.2, -0.15) is 0 Å². The van der Waals surface area contributed by atoms with Crippen LogP contribution in [0.15, 0.2) is 24.3 Å². The number of ether oxygens (including phenoxy) is 1. The molecule has 0 bridgehead atoms. The maximum absolute atomic E-state index is 5.94. The summed E-state index contributed by atoms with van der Waals surface area (Å²) in [5.41, 5.74) is 1.32. The summed E-state index contributed by atoms with van der Waals surface area (Å²) in [7, 11) is 0. The molecule has 2 heteroatoms. The third-order valence-electron chi connectivity index (χ3n) is 3.60. The maximum atomic E-state index is 5.94. The van der Waals surface area contributed by atoms with E-state index in [0.29, 0.717) is 5.92 Å². The van der Waals surface area contributed by atoms with Crippen LogP contribution in [-0.2, 0) is 0 Å². The molecule has 0 fully saturated rings. The van der Waals surface area contributed by atoms with Gasteiger partial charge in [-0.15, -0.1) is 0 Å². The van der Waals surface area contributed by atoms with E-state index in [4.69, 9.17) is 4.74 Å². The van der Waals surface area contributed by atoms with Gasteiger partial charge in [0.15, 0.2) is 0 Å². The standard InChI is InChI=1S/C19H33NO/c1-16(2)15-20-13-9-5-6-10-14-21-19-12-8-7-11-18(19)17(3)4/h7-8,11-12,16-17,20H,5-6,9-10,13-15H2,1-4H3. The molecule has 1 aromatic carbocycles. The highest BCUT2D eigenvalue weighted by atomic mass is 16.5. The number of para-hydroxylation sites is 1. The molecule has 0 saturated carbocycles. The summed E-state index contributed by atoms with van der Waals surface area (Å²) in [6.07, 6.45) is 4.97. The Bertz CT molecular complexity index is 374. The van der Waals surface area contributed by atoms with Crippen LogP contribution in [0.3, 0.4) is 0 Å². The summed E-state index contributed by atoms with van der Waals surface area (Å²) in [5, 5.41) is 3.49. The third kappa shape index (κ3) is 8.11. The predicted octanol–water partition coefficient (Wildman–Crippen LogP) is 4.99. The summed E-state index contributed by atoms with van der Waals surface area (Å²) >= 11 is 0. The Balaban J connectivity index is 2.07. The minimum Gasteiger partial charge on any atom is -0.493 e. The van der Waals surface area contributed by atoms with Crippen molar-refractivity contribution in [2.75, 3.05) is 19.7 Å². The number of hydrogen-bond acceptors (Lipinski definition) is 2. The van der Waals surface area contributed by atoms with Crippen LogP contribution >= 0.6 is 0 Å². The fraction of sp³-hybridized carbons (Fsp3) is 0.684. The SMILES string of the molecule is CC(C)CNCCCCCCOc1ccccc1C(C)C. The van der Waals surface area contributed by atoms with E-state index in [9.17, 15) is 0 Å². The zero-order valence-corrected chi connectivity index (χ0v) is 14.3. The Hall–Kier alpha value is -1.02. The van der Waals surface area contributed by atoms with Crippen LogP contribution < -0.4 is 10.1 Å². The summed E-state index contributed by atoms with van der Waals surface area (Å²) < 4.78 is 5.94. The Morgan fingerprint density at radius 1 is 0.952 bits per heavy atom. The monoisotopic (exact) mass is 291 g/mol. The second-order valence-electron chi connectivity index (χ2n) is 6.55. The van der Waals surface area contributed by atoms with E-state index in [0.717, 1.165) is 37.8 Å². The fourth-order valence-corrected chi connectivity index (χ4v) is 2.37. The van der Waals surface area contributed by atoms with Crippen molar-refractivity contribution >= 4 is 0 Å². The van der Waals surface area contributed by atoms with Crippen LogP contribution in [0, 0.1) is 5.92 Å². The molecule has 21 heavy (non-hydrogen) atoms. The van der Waals surface area contributed by atoms with Crippen molar-refractivity contribution in [3.05, 3.63) is 29.8 Å². The van der Waals surface area contributed by atoms with Crippen LogP contribution in [0.2, 0.25) is 0 Å². The fourth-order valence-electron chi connectivity index (χ4n) is 2.37. The number of hydrogen-bond donors (Lipinski definition) is 1. The van der Waals surface area contributed by atoms with Gasteiger partial charge in [-0.1, -0.05) is 58.7 Å². The average Bonchev–Trinajstić information content (AvgIpc) is 2.45. The first-order chi connectivity index (χ1) is 10.1. The van der Waals surface area contributed by atoms with Gasteiger partial charge < -0.3 is 10.1 Å². The Kier molecular flexibility index (Phi) is 9.16. The van der Waals surface area contributed by atoms with E-state index >= 15 is 0 Å². The van der Waals surface area contributed by atoms with Gasteiger partial charge in [0, 0.05) is 0 Å². The molecule has 0 saturated heterocycles. The Morgan fingerprint density at radius 2 is 1.67 bits per heavy atom. The molecule has 0 aromatic heterocycles. The van der Waals surface area contributed by atoms with Crippen LogP contribution in [0.5, 0.6) is 5.75 Å². The second kappa shape index (κ2) is 10.7. The molecule has 0 radical (unpaired) electrons. The lowest BCUT2D eigenvalue weighted by molar-refractivity contribution is 0.300. The lowest BCUT2D eigenvalue weighted by atomic mass is 10.0. The van der Waals surface area contributed by atoms with Gasteiger partial charge in [0.2, 0.25) is 0 Å². The minimum atomic E-state index is 0.522. The average molecular weight is 291 g/mol. The largest absolute Gasteiger partial charge is 0.493 e. The zero-order chi connectivity index (χ0) is 15.5. The molecule has 0 aliphatic heterocycles. The number of rotatable bonds is 11. The molecule has 0 aliphatic rings. The molecule has 1 rings (SSSR count). The van der Waals surface area contributed by atoms with E-state index in [1.165, 1.54) is 24.8 Å². The molecule has 2 nitrogen and oxygen atoms in total.